The van der Waals surface area contributed by atoms with Crippen molar-refractivity contribution < 1.29 is 14.3 Å². The van der Waals surface area contributed by atoms with Crippen LogP contribution in [0.15, 0.2) is 0 Å². The molecule has 1 fully saturated rings. The van der Waals surface area contributed by atoms with Crippen molar-refractivity contribution in [2.45, 2.75) is 66.9 Å². The van der Waals surface area contributed by atoms with E-state index in [0.717, 1.165) is 12.8 Å². The van der Waals surface area contributed by atoms with Crippen LogP contribution in [0.2, 0.25) is 0 Å². The molecule has 1 aliphatic carbocycles. The van der Waals surface area contributed by atoms with Crippen molar-refractivity contribution in [1.82, 2.24) is 4.90 Å². The summed E-state index contributed by atoms with van der Waals surface area (Å²) in [6.07, 6.45) is 1.41. The van der Waals surface area contributed by atoms with Gasteiger partial charge >= 0.3 is 6.09 Å². The molecule has 0 spiro atoms. The maximum absolute atomic E-state index is 11.6. The zero-order chi connectivity index (χ0) is 15.9. The Morgan fingerprint density at radius 1 is 1.11 bits per heavy atom. The zero-order valence-corrected chi connectivity index (χ0v) is 14.1. The third kappa shape index (κ3) is 4.84. The quantitative estimate of drug-likeness (QED) is 0.784. The molecule has 1 saturated carbocycles. The number of amides is 1. The van der Waals surface area contributed by atoms with E-state index in [9.17, 15) is 9.59 Å². The largest absolute Gasteiger partial charge is 0.435 e. The molecule has 0 N–H and O–H groups in total. The molecular formula is C15H31NO3. The minimum Gasteiger partial charge on any atom is -0.435 e. The highest BCUT2D eigenvalue weighted by Gasteiger charge is 2.58. The van der Waals surface area contributed by atoms with Crippen molar-refractivity contribution in [2.24, 2.45) is 5.41 Å². The molecule has 1 unspecified atom stereocenters. The van der Waals surface area contributed by atoms with Gasteiger partial charge in [0.1, 0.15) is 0 Å². The Morgan fingerprint density at radius 3 is 1.68 bits per heavy atom. The first-order valence-corrected chi connectivity index (χ1v) is 7.14. The number of carbonyl (C=O) groups excluding carboxylic acids is 2. The standard InChI is InChI=1S/C11H19NO3.2C2H6/c1-8(13)11(3,10(2)6-7-10)15-9(14)12(4)5;2*1-2/h6-7H2,1-5H3;2*1-2H3. The van der Waals surface area contributed by atoms with Gasteiger partial charge in [-0.25, -0.2) is 4.79 Å². The molecule has 0 bridgehead atoms. The second-order valence-electron chi connectivity index (χ2n) is 4.91. The van der Waals surface area contributed by atoms with Crippen LogP contribution in [0.25, 0.3) is 0 Å². The van der Waals surface area contributed by atoms with Crippen LogP contribution in [0, 0.1) is 5.41 Å². The minimum atomic E-state index is -0.978. The summed E-state index contributed by atoms with van der Waals surface area (Å²) < 4.78 is 5.33. The van der Waals surface area contributed by atoms with E-state index in [0.29, 0.717) is 0 Å². The second-order valence-corrected chi connectivity index (χ2v) is 4.91. The lowest BCUT2D eigenvalue weighted by atomic mass is 9.84. The van der Waals surface area contributed by atoms with Gasteiger partial charge in [-0.15, -0.1) is 0 Å². The van der Waals surface area contributed by atoms with Crippen LogP contribution < -0.4 is 0 Å². The van der Waals surface area contributed by atoms with Crippen LogP contribution in [-0.4, -0.2) is 36.5 Å². The summed E-state index contributed by atoms with van der Waals surface area (Å²) in [6.45, 7) is 13.2. The van der Waals surface area contributed by atoms with Gasteiger partial charge in [0.15, 0.2) is 11.4 Å². The van der Waals surface area contributed by atoms with Crippen LogP contribution in [0.1, 0.15) is 61.3 Å². The van der Waals surface area contributed by atoms with Gasteiger partial charge in [0.05, 0.1) is 0 Å². The predicted molar refractivity (Wildman–Crippen MR) is 79.3 cm³/mol. The van der Waals surface area contributed by atoms with Crippen molar-refractivity contribution >= 4 is 11.9 Å². The number of carbonyl (C=O) groups is 2. The maximum atomic E-state index is 11.6. The molecule has 0 saturated heterocycles. The molecular weight excluding hydrogens is 242 g/mol. The Balaban J connectivity index is 0. The van der Waals surface area contributed by atoms with Crippen molar-refractivity contribution in [3.8, 4) is 0 Å². The topological polar surface area (TPSA) is 46.6 Å². The van der Waals surface area contributed by atoms with Crippen LogP contribution >= 0.6 is 0 Å². The van der Waals surface area contributed by atoms with E-state index >= 15 is 0 Å². The number of nitrogens with zero attached hydrogens (tertiary/aromatic N) is 1. The monoisotopic (exact) mass is 273 g/mol. The number of hydrogen-bond acceptors (Lipinski definition) is 3. The summed E-state index contributed by atoms with van der Waals surface area (Å²) in [5.41, 5.74) is -1.15. The molecule has 0 aliphatic heterocycles. The number of rotatable bonds is 3. The predicted octanol–water partition coefficient (Wildman–Crippen LogP) is 3.88. The Bertz CT molecular complexity index is 296. The first-order chi connectivity index (χ1) is 8.73. The second kappa shape index (κ2) is 8.18. The van der Waals surface area contributed by atoms with Gasteiger partial charge in [-0.1, -0.05) is 34.6 Å². The van der Waals surface area contributed by atoms with Crippen molar-refractivity contribution in [3.63, 3.8) is 0 Å². The summed E-state index contributed by atoms with van der Waals surface area (Å²) in [5, 5.41) is 0. The normalized spacial score (nSPS) is 17.5. The average molecular weight is 273 g/mol. The van der Waals surface area contributed by atoms with Gasteiger partial charge in [0.25, 0.3) is 0 Å². The summed E-state index contributed by atoms with van der Waals surface area (Å²) in [6, 6.07) is 0. The number of ketones is 1. The molecule has 19 heavy (non-hydrogen) atoms. The van der Waals surface area contributed by atoms with E-state index in [-0.39, 0.29) is 11.2 Å². The van der Waals surface area contributed by atoms with Crippen molar-refractivity contribution in [2.75, 3.05) is 14.1 Å². The van der Waals surface area contributed by atoms with Crippen LogP contribution in [0.4, 0.5) is 4.79 Å². The molecule has 0 aromatic heterocycles. The molecule has 0 aromatic rings. The number of Topliss-reactive ketones (excluding diaryl/α,β-unsaturated/α-hetero) is 1. The first-order valence-electron chi connectivity index (χ1n) is 7.14. The zero-order valence-electron chi connectivity index (χ0n) is 14.1. The highest BCUT2D eigenvalue weighted by molar-refractivity contribution is 5.88. The number of hydrogen-bond donors (Lipinski definition) is 0. The Hall–Kier alpha value is -1.06. The third-order valence-corrected chi connectivity index (χ3v) is 3.48. The lowest BCUT2D eigenvalue weighted by molar-refractivity contribution is -0.141. The fourth-order valence-electron chi connectivity index (χ4n) is 1.55. The van der Waals surface area contributed by atoms with E-state index in [1.54, 1.807) is 21.0 Å². The summed E-state index contributed by atoms with van der Waals surface area (Å²) in [5.74, 6) is -0.0855. The smallest absolute Gasteiger partial charge is 0.410 e. The van der Waals surface area contributed by atoms with Gasteiger partial charge in [0.2, 0.25) is 0 Å². The van der Waals surface area contributed by atoms with Gasteiger partial charge in [-0.2, -0.15) is 0 Å². The van der Waals surface area contributed by atoms with Gasteiger partial charge in [0, 0.05) is 19.5 Å². The molecule has 0 heterocycles. The summed E-state index contributed by atoms with van der Waals surface area (Å²) in [4.78, 5) is 24.4. The van der Waals surface area contributed by atoms with E-state index in [1.807, 2.05) is 34.6 Å². The van der Waals surface area contributed by atoms with Crippen molar-refractivity contribution in [3.05, 3.63) is 0 Å². The van der Waals surface area contributed by atoms with Crippen LogP contribution in [0.5, 0.6) is 0 Å². The van der Waals surface area contributed by atoms with Crippen molar-refractivity contribution in [1.29, 1.82) is 0 Å². The molecule has 1 atom stereocenters. The van der Waals surface area contributed by atoms with Crippen LogP contribution in [-0.2, 0) is 9.53 Å². The maximum Gasteiger partial charge on any atom is 0.410 e. The Morgan fingerprint density at radius 2 is 1.47 bits per heavy atom. The van der Waals surface area contributed by atoms with Crippen LogP contribution in [0.3, 0.4) is 0 Å². The highest BCUT2D eigenvalue weighted by atomic mass is 16.6. The highest BCUT2D eigenvalue weighted by Crippen LogP contribution is 2.55. The first kappa shape index (κ1) is 20.3. The lowest BCUT2D eigenvalue weighted by Gasteiger charge is -2.34. The third-order valence-electron chi connectivity index (χ3n) is 3.48. The molecule has 4 heteroatoms. The molecule has 0 radical (unpaired) electrons. The summed E-state index contributed by atoms with van der Waals surface area (Å²) >= 11 is 0. The fraction of sp³-hybridized carbons (Fsp3) is 0.867. The minimum absolute atomic E-state index is 0.0855. The Labute approximate surface area is 118 Å². The van der Waals surface area contributed by atoms with Gasteiger partial charge in [-0.3, -0.25) is 4.79 Å². The molecule has 1 amide bonds. The van der Waals surface area contributed by atoms with E-state index in [4.69, 9.17) is 4.74 Å². The van der Waals surface area contributed by atoms with E-state index in [2.05, 4.69) is 0 Å². The molecule has 0 aromatic carbocycles. The molecule has 1 rings (SSSR count). The Kier molecular flexibility index (Phi) is 8.72. The molecule has 1 aliphatic rings. The summed E-state index contributed by atoms with van der Waals surface area (Å²) in [7, 11) is 3.22. The lowest BCUT2D eigenvalue weighted by Crippen LogP contribution is -2.48. The van der Waals surface area contributed by atoms with Gasteiger partial charge < -0.3 is 9.64 Å². The molecule has 114 valence electrons. The number of ether oxygens (including phenoxy) is 1. The van der Waals surface area contributed by atoms with E-state index in [1.165, 1.54) is 11.8 Å². The SMILES string of the molecule is CC.CC.CC(=O)C(C)(OC(=O)N(C)C)C1(C)CC1. The fourth-order valence-corrected chi connectivity index (χ4v) is 1.55. The average Bonchev–Trinajstić information content (AvgIpc) is 3.13. The molecule has 4 nitrogen and oxygen atoms in total. The van der Waals surface area contributed by atoms with E-state index < -0.39 is 11.7 Å². The van der Waals surface area contributed by atoms with Gasteiger partial charge in [-0.05, 0) is 26.7 Å².